The molecule has 0 fully saturated rings. The molecule has 0 aromatic rings. The van der Waals surface area contributed by atoms with Gasteiger partial charge in [-0.2, -0.15) is 12.6 Å². The van der Waals surface area contributed by atoms with Crippen LogP contribution < -0.4 is 0 Å². The highest BCUT2D eigenvalue weighted by molar-refractivity contribution is 7.94. The van der Waals surface area contributed by atoms with Crippen molar-refractivity contribution < 1.29 is 8.98 Å². The second-order valence-corrected chi connectivity index (χ2v) is 1.60. The molecule has 0 amide bonds. The molecule has 0 aliphatic carbocycles. The van der Waals surface area contributed by atoms with Gasteiger partial charge in [0.15, 0.2) is 0 Å². The fraction of sp³-hybridized carbons (Fsp3) is 0.667. The predicted octanol–water partition coefficient (Wildman–Crippen LogP) is 0.737. The average Bonchev–Trinajstić information content (AvgIpc) is 1.68. The number of carbonyl (C=O) groups excluding carboxylic acids is 1. The molecule has 0 saturated carbocycles. The molecule has 0 saturated heterocycles. The molecule has 0 radical (unpaired) electrons. The van der Waals surface area contributed by atoms with Crippen molar-refractivity contribution in [3.05, 3.63) is 0 Å². The summed E-state index contributed by atoms with van der Waals surface area (Å²) in [5, 5.41) is 0. The van der Waals surface area contributed by atoms with Gasteiger partial charge in [-0.25, -0.2) is 0 Å². The molecule has 7 heavy (non-hydrogen) atoms. The minimum atomic E-state index is -0.296. The molecule has 0 aliphatic rings. The van der Waals surface area contributed by atoms with Gasteiger partial charge in [0.05, 0.1) is 17.8 Å². The maximum atomic E-state index is 10.1. The lowest BCUT2D eigenvalue weighted by Gasteiger charge is -1.90. The Bertz CT molecular complexity index is 64.0. The molecular weight excluding hydrogens is 132 g/mol. The summed E-state index contributed by atoms with van der Waals surface area (Å²) in [5.41, 5.74) is 0. The van der Waals surface area contributed by atoms with Gasteiger partial charge in [-0.3, -0.25) is 4.79 Å². The van der Waals surface area contributed by atoms with Crippen LogP contribution in [0, 0.1) is 0 Å². The maximum absolute atomic E-state index is 10.1. The number of carbonyl (C=O) groups is 1. The highest BCUT2D eigenvalue weighted by atomic mass is 32.2. The summed E-state index contributed by atoms with van der Waals surface area (Å²) in [6, 6.07) is 0. The van der Waals surface area contributed by atoms with E-state index in [2.05, 4.69) is 16.8 Å². The molecule has 4 heteroatoms. The van der Waals surface area contributed by atoms with Crippen LogP contribution in [0.3, 0.4) is 0 Å². The Labute approximate surface area is 52.2 Å². The van der Waals surface area contributed by atoms with Gasteiger partial charge < -0.3 is 4.18 Å². The number of hydrogen-bond donors (Lipinski definition) is 1. The molecule has 0 aromatic carbocycles. The Morgan fingerprint density at radius 2 is 2.57 bits per heavy atom. The monoisotopic (exact) mass is 138 g/mol. The fourth-order valence-electron chi connectivity index (χ4n) is 0.119. The second-order valence-electron chi connectivity index (χ2n) is 0.780. The Kier molecular flexibility index (Phi) is 4.44. The first-order chi connectivity index (χ1) is 3.31. The van der Waals surface area contributed by atoms with E-state index in [4.69, 9.17) is 0 Å². The van der Waals surface area contributed by atoms with Crippen molar-refractivity contribution in [1.82, 2.24) is 0 Å². The summed E-state index contributed by atoms with van der Waals surface area (Å²) < 4.78 is 4.39. The van der Waals surface area contributed by atoms with Crippen molar-refractivity contribution >= 4 is 30.6 Å². The van der Waals surface area contributed by atoms with Crippen molar-refractivity contribution in [2.45, 2.75) is 0 Å². The van der Waals surface area contributed by atoms with Gasteiger partial charge >= 0.3 is 5.97 Å². The molecule has 2 nitrogen and oxygen atoms in total. The van der Waals surface area contributed by atoms with E-state index in [-0.39, 0.29) is 11.7 Å². The van der Waals surface area contributed by atoms with Crippen LogP contribution in [0.2, 0.25) is 0 Å². The summed E-state index contributed by atoms with van der Waals surface area (Å²) >= 11 is 4.70. The Balaban J connectivity index is 3.00. The van der Waals surface area contributed by atoms with Crippen LogP contribution in [-0.2, 0) is 8.98 Å². The van der Waals surface area contributed by atoms with Crippen LogP contribution >= 0.6 is 24.7 Å². The van der Waals surface area contributed by atoms with Crippen molar-refractivity contribution in [2.24, 2.45) is 0 Å². The zero-order valence-electron chi connectivity index (χ0n) is 3.88. The van der Waals surface area contributed by atoms with Crippen LogP contribution in [-0.4, -0.2) is 18.0 Å². The number of rotatable bonds is 2. The molecule has 0 aliphatic heterocycles. The first-order valence-electron chi connectivity index (χ1n) is 1.65. The zero-order chi connectivity index (χ0) is 5.70. The molecule has 0 atom stereocenters. The standard InChI is InChI=1S/C3H6O2S2/c1-7-5-3(4)2-6/h6H,2H2,1H3. The third-order valence-corrected chi connectivity index (χ3v) is 0.916. The Morgan fingerprint density at radius 3 is 2.71 bits per heavy atom. The van der Waals surface area contributed by atoms with E-state index < -0.39 is 0 Å². The van der Waals surface area contributed by atoms with Crippen LogP contribution in [0.15, 0.2) is 0 Å². The fourth-order valence-corrected chi connectivity index (χ4v) is 0.516. The van der Waals surface area contributed by atoms with E-state index in [1.165, 1.54) is 0 Å². The Morgan fingerprint density at radius 1 is 2.00 bits per heavy atom. The topological polar surface area (TPSA) is 26.3 Å². The van der Waals surface area contributed by atoms with Gasteiger partial charge in [-0.15, -0.1) is 0 Å². The normalized spacial score (nSPS) is 8.29. The highest BCUT2D eigenvalue weighted by Gasteiger charge is 1.93. The van der Waals surface area contributed by atoms with Gasteiger partial charge in [0.1, 0.15) is 0 Å². The van der Waals surface area contributed by atoms with Gasteiger partial charge in [0, 0.05) is 6.26 Å². The SMILES string of the molecule is CSOC(=O)CS. The number of thiol groups is 1. The van der Waals surface area contributed by atoms with E-state index in [9.17, 15) is 4.79 Å². The lowest BCUT2D eigenvalue weighted by atomic mass is 10.8. The second kappa shape index (κ2) is 4.33. The smallest absolute Gasteiger partial charge is 0.327 e. The molecule has 42 valence electrons. The maximum Gasteiger partial charge on any atom is 0.327 e. The van der Waals surface area contributed by atoms with E-state index in [1.54, 1.807) is 6.26 Å². The van der Waals surface area contributed by atoms with Crippen molar-refractivity contribution in [1.29, 1.82) is 0 Å². The van der Waals surface area contributed by atoms with Gasteiger partial charge in [0.2, 0.25) is 0 Å². The summed E-state index contributed by atoms with van der Waals surface area (Å²) in [4.78, 5) is 10.1. The van der Waals surface area contributed by atoms with Crippen LogP contribution in [0.4, 0.5) is 0 Å². The minimum absolute atomic E-state index is 0.154. The van der Waals surface area contributed by atoms with Gasteiger partial charge in [-0.05, 0) is 0 Å². The Hall–Kier alpha value is 0.170. The van der Waals surface area contributed by atoms with Crippen molar-refractivity contribution in [3.63, 3.8) is 0 Å². The predicted molar refractivity (Wildman–Crippen MR) is 33.5 cm³/mol. The van der Waals surface area contributed by atoms with E-state index in [0.29, 0.717) is 0 Å². The first-order valence-corrected chi connectivity index (χ1v) is 3.44. The molecule has 0 rings (SSSR count). The molecule has 0 aromatic heterocycles. The van der Waals surface area contributed by atoms with E-state index in [0.717, 1.165) is 12.0 Å². The van der Waals surface area contributed by atoms with Gasteiger partial charge in [0.25, 0.3) is 0 Å². The van der Waals surface area contributed by atoms with E-state index >= 15 is 0 Å². The number of hydrogen-bond acceptors (Lipinski definition) is 4. The van der Waals surface area contributed by atoms with Crippen LogP contribution in [0.25, 0.3) is 0 Å². The van der Waals surface area contributed by atoms with E-state index in [1.807, 2.05) is 0 Å². The summed E-state index contributed by atoms with van der Waals surface area (Å²) in [6.45, 7) is 0. The third kappa shape index (κ3) is 4.01. The summed E-state index contributed by atoms with van der Waals surface area (Å²) in [6.07, 6.45) is 1.68. The van der Waals surface area contributed by atoms with Crippen molar-refractivity contribution in [2.75, 3.05) is 12.0 Å². The molecule has 0 spiro atoms. The average molecular weight is 138 g/mol. The molecule has 0 N–H and O–H groups in total. The molecular formula is C3H6O2S2. The quantitative estimate of drug-likeness (QED) is 0.450. The molecule has 0 heterocycles. The molecule has 0 bridgehead atoms. The van der Waals surface area contributed by atoms with Crippen LogP contribution in [0.5, 0.6) is 0 Å². The lowest BCUT2D eigenvalue weighted by Crippen LogP contribution is -1.97. The van der Waals surface area contributed by atoms with Gasteiger partial charge in [-0.1, -0.05) is 0 Å². The first kappa shape index (κ1) is 7.17. The minimum Gasteiger partial charge on any atom is -0.391 e. The van der Waals surface area contributed by atoms with Crippen molar-refractivity contribution in [3.8, 4) is 0 Å². The summed E-state index contributed by atoms with van der Waals surface area (Å²) in [5.74, 6) is -0.142. The largest absolute Gasteiger partial charge is 0.391 e. The molecule has 0 unspecified atom stereocenters. The summed E-state index contributed by atoms with van der Waals surface area (Å²) in [7, 11) is 0. The third-order valence-electron chi connectivity index (χ3n) is 0.305. The highest BCUT2D eigenvalue weighted by Crippen LogP contribution is 1.94. The lowest BCUT2D eigenvalue weighted by molar-refractivity contribution is -0.130. The zero-order valence-corrected chi connectivity index (χ0v) is 5.59. The van der Waals surface area contributed by atoms with Crippen LogP contribution in [0.1, 0.15) is 0 Å².